The first-order valence-corrected chi connectivity index (χ1v) is 6.88. The third kappa shape index (κ3) is 2.96. The highest BCUT2D eigenvalue weighted by Gasteiger charge is 2.34. The highest BCUT2D eigenvalue weighted by atomic mass is 79.9. The molecule has 1 heterocycles. The lowest BCUT2D eigenvalue weighted by atomic mass is 9.75. The molecule has 0 spiro atoms. The summed E-state index contributed by atoms with van der Waals surface area (Å²) in [5, 5.41) is 3.31. The van der Waals surface area contributed by atoms with Crippen LogP contribution in [0.1, 0.15) is 25.3 Å². The van der Waals surface area contributed by atoms with Gasteiger partial charge in [0.2, 0.25) is 0 Å². The van der Waals surface area contributed by atoms with Crippen molar-refractivity contribution >= 4 is 21.7 Å². The Hall–Kier alpha value is -0.670. The van der Waals surface area contributed by atoms with Crippen LogP contribution >= 0.6 is 15.9 Å². The van der Waals surface area contributed by atoms with E-state index in [1.807, 2.05) is 24.3 Å². The summed E-state index contributed by atoms with van der Waals surface area (Å²) in [6.45, 7) is 4.02. The lowest BCUT2D eigenvalue weighted by Gasteiger charge is -2.32. The first-order valence-electron chi connectivity index (χ1n) is 6.09. The Morgan fingerprint density at radius 2 is 2.00 bits per heavy atom. The van der Waals surface area contributed by atoms with E-state index in [-0.39, 0.29) is 5.41 Å². The summed E-state index contributed by atoms with van der Waals surface area (Å²) in [6.07, 6.45) is 2.45. The zero-order valence-corrected chi connectivity index (χ0v) is 11.7. The summed E-state index contributed by atoms with van der Waals surface area (Å²) < 4.78 is 1.03. The number of halogens is 1. The van der Waals surface area contributed by atoms with Crippen molar-refractivity contribution in [3.05, 3.63) is 34.3 Å². The number of hydrogen-bond donors (Lipinski definition) is 1. The van der Waals surface area contributed by atoms with Gasteiger partial charge in [0.05, 0.1) is 0 Å². The summed E-state index contributed by atoms with van der Waals surface area (Å²) in [7, 11) is 0. The summed E-state index contributed by atoms with van der Waals surface area (Å²) in [5.41, 5.74) is 0.956. The fourth-order valence-electron chi connectivity index (χ4n) is 2.29. The van der Waals surface area contributed by atoms with Gasteiger partial charge < -0.3 is 5.32 Å². The second kappa shape index (κ2) is 5.32. The highest BCUT2D eigenvalue weighted by Crippen LogP contribution is 2.31. The van der Waals surface area contributed by atoms with E-state index >= 15 is 0 Å². The normalized spacial score (nSPS) is 18.9. The van der Waals surface area contributed by atoms with Crippen LogP contribution in [0.3, 0.4) is 0 Å². The number of Topliss-reactive ketones (excluding diaryl/α,β-unsaturated/α-hetero) is 1. The van der Waals surface area contributed by atoms with Crippen molar-refractivity contribution in [3.8, 4) is 0 Å². The van der Waals surface area contributed by atoms with Crippen molar-refractivity contribution in [1.82, 2.24) is 5.32 Å². The number of piperidine rings is 1. The molecule has 1 aromatic carbocycles. The number of hydrogen-bond acceptors (Lipinski definition) is 2. The smallest absolute Gasteiger partial charge is 0.143 e. The molecule has 0 bridgehead atoms. The molecule has 1 aromatic rings. The minimum absolute atomic E-state index is 0.138. The van der Waals surface area contributed by atoms with E-state index in [1.165, 1.54) is 0 Å². The van der Waals surface area contributed by atoms with Crippen molar-refractivity contribution in [2.24, 2.45) is 5.41 Å². The van der Waals surface area contributed by atoms with Crippen molar-refractivity contribution in [1.29, 1.82) is 0 Å². The van der Waals surface area contributed by atoms with E-state index in [9.17, 15) is 4.79 Å². The van der Waals surface area contributed by atoms with Crippen molar-refractivity contribution in [2.75, 3.05) is 13.1 Å². The van der Waals surface area contributed by atoms with Gasteiger partial charge in [0.25, 0.3) is 0 Å². The molecule has 2 rings (SSSR count). The second-order valence-corrected chi connectivity index (χ2v) is 5.86. The number of carbonyl (C=O) groups excluding carboxylic acids is 1. The minimum atomic E-state index is -0.138. The van der Waals surface area contributed by atoms with Crippen LogP contribution in [0, 0.1) is 5.41 Å². The zero-order chi connectivity index (χ0) is 12.3. The average molecular weight is 296 g/mol. The Balaban J connectivity index is 2.08. The van der Waals surface area contributed by atoms with Crippen molar-refractivity contribution < 1.29 is 4.79 Å². The van der Waals surface area contributed by atoms with E-state index in [0.29, 0.717) is 12.2 Å². The zero-order valence-electron chi connectivity index (χ0n) is 10.1. The van der Waals surface area contributed by atoms with Crippen molar-refractivity contribution in [2.45, 2.75) is 26.2 Å². The van der Waals surface area contributed by atoms with Crippen LogP contribution in [-0.2, 0) is 11.2 Å². The molecule has 0 atom stereocenters. The third-order valence-corrected chi connectivity index (χ3v) is 4.46. The van der Waals surface area contributed by atoms with Gasteiger partial charge in [-0.25, -0.2) is 0 Å². The minimum Gasteiger partial charge on any atom is -0.317 e. The van der Waals surface area contributed by atoms with Crippen LogP contribution in [0.4, 0.5) is 0 Å². The van der Waals surface area contributed by atoms with Crippen molar-refractivity contribution in [3.63, 3.8) is 0 Å². The standard InChI is InChI=1S/C14H18BrNO/c1-14(6-8-16-9-7-14)13(17)10-11-4-2-3-5-12(11)15/h2-5,16H,6-10H2,1H3. The SMILES string of the molecule is CC1(C(=O)Cc2ccccc2Br)CCNCC1. The van der Waals surface area contributed by atoms with Gasteiger partial charge in [-0.3, -0.25) is 4.79 Å². The topological polar surface area (TPSA) is 29.1 Å². The molecule has 0 unspecified atom stereocenters. The maximum atomic E-state index is 12.4. The Morgan fingerprint density at radius 1 is 1.35 bits per heavy atom. The predicted molar refractivity (Wildman–Crippen MR) is 73.1 cm³/mol. The van der Waals surface area contributed by atoms with Crippen LogP contribution in [0.25, 0.3) is 0 Å². The molecular weight excluding hydrogens is 278 g/mol. The Morgan fingerprint density at radius 3 is 2.65 bits per heavy atom. The Labute approximate surface area is 111 Å². The fourth-order valence-corrected chi connectivity index (χ4v) is 2.71. The largest absolute Gasteiger partial charge is 0.317 e. The summed E-state index contributed by atoms with van der Waals surface area (Å²) in [4.78, 5) is 12.4. The van der Waals surface area contributed by atoms with Gasteiger partial charge in [-0.1, -0.05) is 41.1 Å². The quantitative estimate of drug-likeness (QED) is 0.929. The summed E-state index contributed by atoms with van der Waals surface area (Å²) in [6, 6.07) is 7.97. The molecule has 1 fully saturated rings. The molecule has 1 N–H and O–H groups in total. The lowest BCUT2D eigenvalue weighted by molar-refractivity contribution is -0.128. The van der Waals surface area contributed by atoms with E-state index in [0.717, 1.165) is 36.0 Å². The van der Waals surface area contributed by atoms with E-state index in [1.54, 1.807) is 0 Å². The van der Waals surface area contributed by atoms with Gasteiger partial charge in [0.1, 0.15) is 5.78 Å². The average Bonchev–Trinajstić information content (AvgIpc) is 2.33. The van der Waals surface area contributed by atoms with E-state index in [4.69, 9.17) is 0 Å². The van der Waals surface area contributed by atoms with Crippen LogP contribution in [0.15, 0.2) is 28.7 Å². The maximum Gasteiger partial charge on any atom is 0.143 e. The molecule has 1 aliphatic heterocycles. The second-order valence-electron chi connectivity index (χ2n) is 5.00. The van der Waals surface area contributed by atoms with E-state index in [2.05, 4.69) is 28.2 Å². The molecule has 2 nitrogen and oxygen atoms in total. The van der Waals surface area contributed by atoms with Crippen LogP contribution in [0.2, 0.25) is 0 Å². The number of carbonyl (C=O) groups is 1. The lowest BCUT2D eigenvalue weighted by Crippen LogP contribution is -2.40. The molecule has 3 heteroatoms. The molecule has 0 aromatic heterocycles. The molecule has 0 amide bonds. The van der Waals surface area contributed by atoms with Gasteiger partial charge in [0, 0.05) is 16.3 Å². The molecule has 0 saturated carbocycles. The van der Waals surface area contributed by atoms with Gasteiger partial charge in [-0.05, 0) is 37.6 Å². The van der Waals surface area contributed by atoms with Crippen LogP contribution in [-0.4, -0.2) is 18.9 Å². The number of benzene rings is 1. The van der Waals surface area contributed by atoms with Crippen LogP contribution < -0.4 is 5.32 Å². The highest BCUT2D eigenvalue weighted by molar-refractivity contribution is 9.10. The van der Waals surface area contributed by atoms with Gasteiger partial charge in [-0.15, -0.1) is 0 Å². The van der Waals surface area contributed by atoms with Gasteiger partial charge in [-0.2, -0.15) is 0 Å². The van der Waals surface area contributed by atoms with E-state index < -0.39 is 0 Å². The Kier molecular flexibility index (Phi) is 4.00. The fraction of sp³-hybridized carbons (Fsp3) is 0.500. The molecule has 1 aliphatic rings. The molecule has 92 valence electrons. The summed E-state index contributed by atoms with van der Waals surface area (Å²) in [5.74, 6) is 0.367. The Bertz CT molecular complexity index is 410. The number of ketones is 1. The monoisotopic (exact) mass is 295 g/mol. The van der Waals surface area contributed by atoms with Gasteiger partial charge >= 0.3 is 0 Å². The molecule has 17 heavy (non-hydrogen) atoms. The van der Waals surface area contributed by atoms with Crippen LogP contribution in [0.5, 0.6) is 0 Å². The molecule has 0 aliphatic carbocycles. The maximum absolute atomic E-state index is 12.4. The first-order chi connectivity index (χ1) is 8.12. The number of rotatable bonds is 3. The third-order valence-electron chi connectivity index (χ3n) is 3.69. The molecule has 0 radical (unpaired) electrons. The number of nitrogens with one attached hydrogen (secondary N) is 1. The molecular formula is C14H18BrNO. The predicted octanol–water partition coefficient (Wildman–Crippen LogP) is 2.95. The summed E-state index contributed by atoms with van der Waals surface area (Å²) >= 11 is 3.50. The van der Waals surface area contributed by atoms with Gasteiger partial charge in [0.15, 0.2) is 0 Å². The molecule has 1 saturated heterocycles. The first kappa shape index (κ1) is 12.8.